The van der Waals surface area contributed by atoms with Gasteiger partial charge in [-0.15, -0.1) is 0 Å². The van der Waals surface area contributed by atoms with Crippen LogP contribution in [0.25, 0.3) is 0 Å². The van der Waals surface area contributed by atoms with Crippen LogP contribution in [0, 0.1) is 22.7 Å². The molecule has 2 aliphatic carbocycles. The molecule has 0 heterocycles. The van der Waals surface area contributed by atoms with Crippen LogP contribution < -0.4 is 0 Å². The molecule has 0 bridgehead atoms. The van der Waals surface area contributed by atoms with Gasteiger partial charge in [0.25, 0.3) is 0 Å². The van der Waals surface area contributed by atoms with E-state index in [0.717, 1.165) is 17.3 Å². The highest BCUT2D eigenvalue weighted by Crippen LogP contribution is 2.73. The third kappa shape index (κ3) is 1.42. The molecule has 2 saturated carbocycles. The molecule has 0 N–H and O–H groups in total. The Balaban J connectivity index is 2.03. The molecule has 0 heteroatoms. The van der Waals surface area contributed by atoms with E-state index in [2.05, 4.69) is 27.7 Å². The van der Waals surface area contributed by atoms with E-state index in [1.807, 2.05) is 0 Å². The molecule has 0 aliphatic heterocycles. The lowest BCUT2D eigenvalue weighted by Crippen LogP contribution is -2.18. The zero-order valence-corrected chi connectivity index (χ0v) is 10.4. The van der Waals surface area contributed by atoms with Gasteiger partial charge in [-0.1, -0.05) is 47.0 Å². The Morgan fingerprint density at radius 3 is 2.50 bits per heavy atom. The Labute approximate surface area is 89.5 Å². The van der Waals surface area contributed by atoms with Crippen molar-refractivity contribution in [1.29, 1.82) is 0 Å². The number of fused-ring (bicyclic) bond motifs is 1. The Morgan fingerprint density at radius 1 is 1.29 bits per heavy atom. The molecule has 0 nitrogen and oxygen atoms in total. The SMILES string of the molecule is CCC1C2CCC[C@@]12CC(C)(C)CC. The Kier molecular flexibility index (Phi) is 2.44. The molecule has 0 amide bonds. The van der Waals surface area contributed by atoms with Gasteiger partial charge in [0.2, 0.25) is 0 Å². The first-order chi connectivity index (χ1) is 6.56. The van der Waals surface area contributed by atoms with Crippen molar-refractivity contribution in [2.45, 2.75) is 66.2 Å². The maximum atomic E-state index is 2.46. The minimum absolute atomic E-state index is 0.590. The summed E-state index contributed by atoms with van der Waals surface area (Å²) in [5.74, 6) is 2.22. The van der Waals surface area contributed by atoms with Gasteiger partial charge in [-0.3, -0.25) is 0 Å². The number of hydrogen-bond donors (Lipinski definition) is 0. The largest absolute Gasteiger partial charge is 0.0651 e. The fraction of sp³-hybridized carbons (Fsp3) is 1.00. The highest BCUT2D eigenvalue weighted by molar-refractivity contribution is 5.14. The van der Waals surface area contributed by atoms with Gasteiger partial charge >= 0.3 is 0 Å². The van der Waals surface area contributed by atoms with Crippen molar-refractivity contribution in [2.75, 3.05) is 0 Å². The van der Waals surface area contributed by atoms with Gasteiger partial charge in [0, 0.05) is 0 Å². The lowest BCUT2D eigenvalue weighted by molar-refractivity contribution is 0.221. The summed E-state index contributed by atoms with van der Waals surface area (Å²) < 4.78 is 0. The first-order valence-corrected chi connectivity index (χ1v) is 6.56. The van der Waals surface area contributed by atoms with Crippen molar-refractivity contribution in [3.63, 3.8) is 0 Å². The minimum Gasteiger partial charge on any atom is -0.0651 e. The summed E-state index contributed by atoms with van der Waals surface area (Å²) in [6.07, 6.45) is 8.88. The lowest BCUT2D eigenvalue weighted by Gasteiger charge is -2.29. The van der Waals surface area contributed by atoms with Crippen molar-refractivity contribution in [1.82, 2.24) is 0 Å². The molecule has 14 heavy (non-hydrogen) atoms. The fourth-order valence-electron chi connectivity index (χ4n) is 4.24. The summed E-state index contributed by atoms with van der Waals surface area (Å²) in [6.45, 7) is 9.66. The molecule has 0 aromatic heterocycles. The monoisotopic (exact) mass is 194 g/mol. The Hall–Kier alpha value is 0. The maximum Gasteiger partial charge on any atom is -0.0230 e. The van der Waals surface area contributed by atoms with Crippen molar-refractivity contribution in [3.8, 4) is 0 Å². The first-order valence-electron chi connectivity index (χ1n) is 6.56. The van der Waals surface area contributed by atoms with E-state index in [0.29, 0.717) is 5.41 Å². The molecule has 82 valence electrons. The molecule has 2 aliphatic rings. The van der Waals surface area contributed by atoms with E-state index < -0.39 is 0 Å². The Bertz CT molecular complexity index is 210. The van der Waals surface area contributed by atoms with Crippen LogP contribution in [0.1, 0.15) is 66.2 Å². The van der Waals surface area contributed by atoms with Gasteiger partial charge in [0.05, 0.1) is 0 Å². The third-order valence-corrected chi connectivity index (χ3v) is 5.22. The van der Waals surface area contributed by atoms with E-state index in [4.69, 9.17) is 0 Å². The second-order valence-electron chi connectivity index (χ2n) is 6.44. The van der Waals surface area contributed by atoms with Gasteiger partial charge in [-0.05, 0) is 41.9 Å². The smallest absolute Gasteiger partial charge is 0.0230 e. The second-order valence-corrected chi connectivity index (χ2v) is 6.44. The summed E-state index contributed by atoms with van der Waals surface area (Å²) >= 11 is 0. The summed E-state index contributed by atoms with van der Waals surface area (Å²) in [7, 11) is 0. The predicted molar refractivity (Wildman–Crippen MR) is 62.2 cm³/mol. The second kappa shape index (κ2) is 3.25. The van der Waals surface area contributed by atoms with Crippen LogP contribution in [-0.4, -0.2) is 0 Å². The molecule has 2 unspecified atom stereocenters. The highest BCUT2D eigenvalue weighted by atomic mass is 14.7. The van der Waals surface area contributed by atoms with Gasteiger partial charge in [0.1, 0.15) is 0 Å². The lowest BCUT2D eigenvalue weighted by atomic mass is 9.77. The molecule has 0 saturated heterocycles. The van der Waals surface area contributed by atoms with Crippen LogP contribution in [0.4, 0.5) is 0 Å². The minimum atomic E-state index is 0.590. The molecular weight excluding hydrogens is 168 g/mol. The van der Waals surface area contributed by atoms with E-state index in [-0.39, 0.29) is 0 Å². The van der Waals surface area contributed by atoms with Crippen molar-refractivity contribution >= 4 is 0 Å². The average molecular weight is 194 g/mol. The van der Waals surface area contributed by atoms with Crippen LogP contribution in [0.15, 0.2) is 0 Å². The molecule has 0 aromatic rings. The fourth-order valence-corrected chi connectivity index (χ4v) is 4.24. The third-order valence-electron chi connectivity index (χ3n) is 5.22. The molecule has 2 rings (SSSR count). The first kappa shape index (κ1) is 10.5. The summed E-state index contributed by atoms with van der Waals surface area (Å²) in [5, 5.41) is 0. The molecule has 3 atom stereocenters. The topological polar surface area (TPSA) is 0 Å². The van der Waals surface area contributed by atoms with Crippen molar-refractivity contribution in [2.24, 2.45) is 22.7 Å². The Morgan fingerprint density at radius 2 is 2.00 bits per heavy atom. The average Bonchev–Trinajstić information content (AvgIpc) is 2.50. The van der Waals surface area contributed by atoms with Crippen LogP contribution in [0.2, 0.25) is 0 Å². The van der Waals surface area contributed by atoms with Crippen LogP contribution in [-0.2, 0) is 0 Å². The molecule has 0 radical (unpaired) electrons. The highest BCUT2D eigenvalue weighted by Gasteiger charge is 2.65. The zero-order valence-electron chi connectivity index (χ0n) is 10.4. The summed E-state index contributed by atoms with van der Waals surface area (Å²) in [6, 6.07) is 0. The molecule has 0 spiro atoms. The van der Waals surface area contributed by atoms with Gasteiger partial charge in [-0.2, -0.15) is 0 Å². The zero-order chi connectivity index (χ0) is 10.4. The van der Waals surface area contributed by atoms with Crippen molar-refractivity contribution < 1.29 is 0 Å². The van der Waals surface area contributed by atoms with E-state index >= 15 is 0 Å². The predicted octanol–water partition coefficient (Wildman–Crippen LogP) is 4.64. The summed E-state index contributed by atoms with van der Waals surface area (Å²) in [5.41, 5.74) is 1.40. The van der Waals surface area contributed by atoms with Crippen LogP contribution in [0.3, 0.4) is 0 Å². The van der Waals surface area contributed by atoms with Gasteiger partial charge in [0.15, 0.2) is 0 Å². The maximum absolute atomic E-state index is 2.46. The number of rotatable bonds is 4. The molecule has 2 fully saturated rings. The van der Waals surface area contributed by atoms with E-state index in [9.17, 15) is 0 Å². The normalized spacial score (nSPS) is 41.1. The van der Waals surface area contributed by atoms with Gasteiger partial charge < -0.3 is 0 Å². The van der Waals surface area contributed by atoms with Gasteiger partial charge in [-0.25, -0.2) is 0 Å². The summed E-state index contributed by atoms with van der Waals surface area (Å²) in [4.78, 5) is 0. The molecular formula is C14H26. The quantitative estimate of drug-likeness (QED) is 0.611. The standard InChI is InChI=1S/C14H26/c1-5-11-12-8-7-9-14(11,12)10-13(3,4)6-2/h11-12H,5-10H2,1-4H3/t11?,12?,14-/m1/s1. The van der Waals surface area contributed by atoms with Crippen LogP contribution in [0.5, 0.6) is 0 Å². The van der Waals surface area contributed by atoms with Crippen LogP contribution >= 0.6 is 0 Å². The van der Waals surface area contributed by atoms with E-state index in [1.165, 1.54) is 32.1 Å². The van der Waals surface area contributed by atoms with E-state index in [1.54, 1.807) is 6.42 Å². The molecule has 0 aromatic carbocycles. The van der Waals surface area contributed by atoms with Crippen molar-refractivity contribution in [3.05, 3.63) is 0 Å². The number of hydrogen-bond acceptors (Lipinski definition) is 0.